The lowest BCUT2D eigenvalue weighted by atomic mass is 10.1. The van der Waals surface area contributed by atoms with E-state index in [2.05, 4.69) is 22.5 Å². The summed E-state index contributed by atoms with van der Waals surface area (Å²) in [5.41, 5.74) is 2.09. The van der Waals surface area contributed by atoms with Crippen LogP contribution in [0.4, 0.5) is 4.39 Å². The standard InChI is InChI=1S/C21H28FN3O3S.HI/c1-4-12-28-19-14-16(2)9-10-17(19)15-25-21(23-3)24-11-13-29(26,27)20-8-6-5-7-18(20)22;/h5-10,14H,4,11-13,15H2,1-3H3,(H2,23,24,25);1H. The number of benzene rings is 2. The van der Waals surface area contributed by atoms with Gasteiger partial charge in [-0.1, -0.05) is 31.2 Å². The van der Waals surface area contributed by atoms with E-state index in [4.69, 9.17) is 4.74 Å². The first-order chi connectivity index (χ1) is 13.9. The lowest BCUT2D eigenvalue weighted by molar-refractivity contribution is 0.313. The van der Waals surface area contributed by atoms with Crippen LogP contribution in [0.2, 0.25) is 0 Å². The third kappa shape index (κ3) is 7.75. The molecule has 2 N–H and O–H groups in total. The van der Waals surface area contributed by atoms with Crippen LogP contribution < -0.4 is 15.4 Å². The van der Waals surface area contributed by atoms with Crippen molar-refractivity contribution in [2.24, 2.45) is 4.99 Å². The molecule has 0 heterocycles. The van der Waals surface area contributed by atoms with E-state index in [1.54, 1.807) is 7.05 Å². The Morgan fingerprint density at radius 1 is 1.17 bits per heavy atom. The smallest absolute Gasteiger partial charge is 0.191 e. The summed E-state index contributed by atoms with van der Waals surface area (Å²) in [4.78, 5) is 3.82. The van der Waals surface area contributed by atoms with Gasteiger partial charge in [0.2, 0.25) is 0 Å². The van der Waals surface area contributed by atoms with Crippen LogP contribution >= 0.6 is 24.0 Å². The first-order valence-electron chi connectivity index (χ1n) is 9.51. The third-order valence-corrected chi connectivity index (χ3v) is 5.93. The van der Waals surface area contributed by atoms with Crippen LogP contribution in [-0.2, 0) is 16.4 Å². The van der Waals surface area contributed by atoms with Gasteiger partial charge in [-0.05, 0) is 37.1 Å². The molecule has 0 aliphatic rings. The molecule has 2 rings (SSSR count). The number of nitrogens with one attached hydrogen (secondary N) is 2. The molecule has 9 heteroatoms. The van der Waals surface area contributed by atoms with Crippen LogP contribution in [0, 0.1) is 12.7 Å². The van der Waals surface area contributed by atoms with Gasteiger partial charge in [-0.15, -0.1) is 24.0 Å². The Labute approximate surface area is 195 Å². The van der Waals surface area contributed by atoms with E-state index in [1.807, 2.05) is 25.1 Å². The minimum absolute atomic E-state index is 0. The number of rotatable bonds is 9. The fraction of sp³-hybridized carbons (Fsp3) is 0.381. The predicted molar refractivity (Wildman–Crippen MR) is 129 cm³/mol. The third-order valence-electron chi connectivity index (χ3n) is 4.19. The fourth-order valence-corrected chi connectivity index (χ4v) is 3.91. The summed E-state index contributed by atoms with van der Waals surface area (Å²) in [6.07, 6.45) is 0.917. The van der Waals surface area contributed by atoms with Crippen LogP contribution in [0.1, 0.15) is 24.5 Å². The number of nitrogens with zero attached hydrogens (tertiary/aromatic N) is 1. The van der Waals surface area contributed by atoms with Gasteiger partial charge in [0.25, 0.3) is 0 Å². The van der Waals surface area contributed by atoms with E-state index < -0.39 is 15.7 Å². The molecule has 0 bridgehead atoms. The molecule has 0 aliphatic heterocycles. The van der Waals surface area contributed by atoms with Crippen molar-refractivity contribution in [3.63, 3.8) is 0 Å². The van der Waals surface area contributed by atoms with E-state index in [-0.39, 0.29) is 41.2 Å². The van der Waals surface area contributed by atoms with Gasteiger partial charge in [-0.3, -0.25) is 4.99 Å². The van der Waals surface area contributed by atoms with Crippen molar-refractivity contribution < 1.29 is 17.5 Å². The molecule has 6 nitrogen and oxygen atoms in total. The first-order valence-corrected chi connectivity index (χ1v) is 11.2. The number of halogens is 2. The Kier molecular flexibility index (Phi) is 11.1. The van der Waals surface area contributed by atoms with Gasteiger partial charge in [0, 0.05) is 25.7 Å². The van der Waals surface area contributed by atoms with Crippen LogP contribution in [0.3, 0.4) is 0 Å². The lowest BCUT2D eigenvalue weighted by Crippen LogP contribution is -2.39. The zero-order valence-corrected chi connectivity index (χ0v) is 20.6. The Morgan fingerprint density at radius 3 is 2.57 bits per heavy atom. The van der Waals surface area contributed by atoms with Crippen molar-refractivity contribution in [2.75, 3.05) is 26.0 Å². The van der Waals surface area contributed by atoms with E-state index >= 15 is 0 Å². The Morgan fingerprint density at radius 2 is 1.90 bits per heavy atom. The molecule has 0 saturated carbocycles. The van der Waals surface area contributed by atoms with Gasteiger partial charge in [0.1, 0.15) is 16.5 Å². The number of aryl methyl sites for hydroxylation is 1. The summed E-state index contributed by atoms with van der Waals surface area (Å²) in [6, 6.07) is 11.4. The maximum Gasteiger partial charge on any atom is 0.191 e. The molecule has 0 spiro atoms. The maximum atomic E-state index is 13.8. The maximum absolute atomic E-state index is 13.8. The van der Waals surface area contributed by atoms with E-state index in [9.17, 15) is 12.8 Å². The van der Waals surface area contributed by atoms with Gasteiger partial charge >= 0.3 is 0 Å². The Balaban J connectivity index is 0.00000450. The highest BCUT2D eigenvalue weighted by Crippen LogP contribution is 2.20. The first kappa shape index (κ1) is 26.2. The summed E-state index contributed by atoms with van der Waals surface area (Å²) >= 11 is 0. The molecule has 0 amide bonds. The highest BCUT2D eigenvalue weighted by Gasteiger charge is 2.18. The van der Waals surface area contributed by atoms with Gasteiger partial charge in [0.15, 0.2) is 15.8 Å². The molecule has 0 aliphatic carbocycles. The topological polar surface area (TPSA) is 79.8 Å². The van der Waals surface area contributed by atoms with E-state index in [0.717, 1.165) is 29.4 Å². The van der Waals surface area contributed by atoms with Crippen molar-refractivity contribution in [3.05, 3.63) is 59.4 Å². The second kappa shape index (κ2) is 12.7. The number of ether oxygens (including phenoxy) is 1. The summed E-state index contributed by atoms with van der Waals surface area (Å²) in [5, 5.41) is 6.10. The molecule has 0 radical (unpaired) electrons. The van der Waals surface area contributed by atoms with Crippen LogP contribution in [0.5, 0.6) is 5.75 Å². The van der Waals surface area contributed by atoms with Crippen molar-refractivity contribution in [3.8, 4) is 5.75 Å². The van der Waals surface area contributed by atoms with Crippen molar-refractivity contribution in [2.45, 2.75) is 31.7 Å². The number of hydrogen-bond acceptors (Lipinski definition) is 4. The molecule has 30 heavy (non-hydrogen) atoms. The minimum Gasteiger partial charge on any atom is -0.493 e. The Bertz CT molecular complexity index is 952. The highest BCUT2D eigenvalue weighted by atomic mass is 127. The minimum atomic E-state index is -3.72. The molecular weight excluding hydrogens is 520 g/mol. The number of hydrogen-bond donors (Lipinski definition) is 2. The molecule has 2 aromatic rings. The second-order valence-electron chi connectivity index (χ2n) is 6.56. The van der Waals surface area contributed by atoms with Gasteiger partial charge in [-0.25, -0.2) is 12.8 Å². The molecule has 0 unspecified atom stereocenters. The molecular formula is C21H29FIN3O3S. The average Bonchev–Trinajstić information content (AvgIpc) is 2.70. The zero-order chi connectivity index (χ0) is 21.3. The quantitative estimate of drug-likeness (QED) is 0.284. The van der Waals surface area contributed by atoms with Gasteiger partial charge in [-0.2, -0.15) is 0 Å². The van der Waals surface area contributed by atoms with Gasteiger partial charge in [0.05, 0.1) is 12.4 Å². The van der Waals surface area contributed by atoms with Crippen molar-refractivity contribution >= 4 is 39.8 Å². The average molecular weight is 549 g/mol. The van der Waals surface area contributed by atoms with E-state index in [0.29, 0.717) is 19.1 Å². The number of aliphatic imine (C=N–C) groups is 1. The van der Waals surface area contributed by atoms with Crippen LogP contribution in [0.25, 0.3) is 0 Å². The lowest BCUT2D eigenvalue weighted by Gasteiger charge is -2.15. The number of guanidine groups is 1. The fourth-order valence-electron chi connectivity index (χ4n) is 2.66. The zero-order valence-electron chi connectivity index (χ0n) is 17.4. The monoisotopic (exact) mass is 549 g/mol. The van der Waals surface area contributed by atoms with Crippen LogP contribution in [0.15, 0.2) is 52.4 Å². The van der Waals surface area contributed by atoms with Crippen LogP contribution in [-0.4, -0.2) is 40.3 Å². The normalized spacial score (nSPS) is 11.5. The molecule has 2 aromatic carbocycles. The number of sulfone groups is 1. The highest BCUT2D eigenvalue weighted by molar-refractivity contribution is 14.0. The summed E-state index contributed by atoms with van der Waals surface area (Å²) < 4.78 is 44.2. The molecule has 166 valence electrons. The second-order valence-corrected chi connectivity index (χ2v) is 8.64. The SMILES string of the molecule is CCCOc1cc(C)ccc1CNC(=NC)NCCS(=O)(=O)c1ccccc1F.I. The Hall–Kier alpha value is -1.88. The van der Waals surface area contributed by atoms with Gasteiger partial charge < -0.3 is 15.4 Å². The molecule has 0 atom stereocenters. The molecule has 0 saturated heterocycles. The van der Waals surface area contributed by atoms with Crippen molar-refractivity contribution in [1.29, 1.82) is 0 Å². The summed E-state index contributed by atoms with van der Waals surface area (Å²) in [5.74, 6) is 0.283. The largest absolute Gasteiger partial charge is 0.493 e. The van der Waals surface area contributed by atoms with Crippen molar-refractivity contribution in [1.82, 2.24) is 10.6 Å². The molecule has 0 fully saturated rings. The summed E-state index contributed by atoms with van der Waals surface area (Å²) in [7, 11) is -2.12. The van der Waals surface area contributed by atoms with E-state index in [1.165, 1.54) is 18.2 Å². The molecule has 0 aromatic heterocycles. The predicted octanol–water partition coefficient (Wildman–Crippen LogP) is 3.68. The summed E-state index contributed by atoms with van der Waals surface area (Å²) in [6.45, 7) is 5.27.